The van der Waals surface area contributed by atoms with E-state index in [4.69, 9.17) is 4.74 Å². The summed E-state index contributed by atoms with van der Waals surface area (Å²) in [6.45, 7) is 8.57. The summed E-state index contributed by atoms with van der Waals surface area (Å²) in [6, 6.07) is 5.91. The molecule has 2 heteroatoms. The Morgan fingerprint density at radius 2 is 1.94 bits per heavy atom. The molecule has 0 heterocycles. The van der Waals surface area contributed by atoms with Gasteiger partial charge in [-0.3, -0.25) is 0 Å². The van der Waals surface area contributed by atoms with Gasteiger partial charge in [0.05, 0.1) is 13.2 Å². The Kier molecular flexibility index (Phi) is 4.58. The van der Waals surface area contributed by atoms with Crippen LogP contribution in [0, 0.1) is 12.3 Å². The first-order valence-electron chi connectivity index (χ1n) is 6.16. The van der Waals surface area contributed by atoms with Crippen LogP contribution in [-0.4, -0.2) is 12.2 Å². The Labute approximate surface area is 105 Å². The molecule has 0 saturated carbocycles. The van der Waals surface area contributed by atoms with Gasteiger partial charge in [-0.05, 0) is 42.4 Å². The van der Waals surface area contributed by atoms with Gasteiger partial charge < -0.3 is 9.84 Å². The zero-order valence-corrected chi connectivity index (χ0v) is 11.6. The first-order valence-corrected chi connectivity index (χ1v) is 6.16. The first kappa shape index (κ1) is 14.0. The Morgan fingerprint density at radius 1 is 1.29 bits per heavy atom. The van der Waals surface area contributed by atoms with E-state index in [9.17, 15) is 5.11 Å². The number of benzene rings is 1. The lowest BCUT2D eigenvalue weighted by Gasteiger charge is -2.21. The molecule has 0 amide bonds. The van der Waals surface area contributed by atoms with Crippen LogP contribution in [0.5, 0.6) is 5.75 Å². The van der Waals surface area contributed by atoms with Crippen LogP contribution in [0.4, 0.5) is 0 Å². The summed E-state index contributed by atoms with van der Waals surface area (Å²) < 4.78 is 5.27. The van der Waals surface area contributed by atoms with Gasteiger partial charge in [-0.25, -0.2) is 0 Å². The summed E-state index contributed by atoms with van der Waals surface area (Å²) in [7, 11) is 1.66. The van der Waals surface area contributed by atoms with Crippen molar-refractivity contribution in [2.75, 3.05) is 7.11 Å². The van der Waals surface area contributed by atoms with E-state index in [1.54, 1.807) is 7.11 Å². The van der Waals surface area contributed by atoms with Gasteiger partial charge in [-0.2, -0.15) is 0 Å². The van der Waals surface area contributed by atoms with E-state index in [-0.39, 0.29) is 5.41 Å². The molecule has 2 nitrogen and oxygen atoms in total. The van der Waals surface area contributed by atoms with Gasteiger partial charge in [0.2, 0.25) is 0 Å². The fourth-order valence-corrected chi connectivity index (χ4v) is 1.78. The van der Waals surface area contributed by atoms with Crippen molar-refractivity contribution in [3.63, 3.8) is 0 Å². The van der Waals surface area contributed by atoms with E-state index in [2.05, 4.69) is 20.8 Å². The normalized spacial score (nSPS) is 13.5. The molecule has 96 valence electrons. The standard InChI is InChI=1S/C15H24O2/c1-11-6-7-12(10-14(11)17-5)13(16)8-9-15(2,3)4/h6-7,10,13,16H,8-9H2,1-5H3. The van der Waals surface area contributed by atoms with E-state index in [0.717, 1.165) is 29.7 Å². The minimum absolute atomic E-state index is 0.260. The average molecular weight is 236 g/mol. The van der Waals surface area contributed by atoms with Crippen molar-refractivity contribution < 1.29 is 9.84 Å². The minimum Gasteiger partial charge on any atom is -0.496 e. The van der Waals surface area contributed by atoms with Crippen molar-refractivity contribution in [3.8, 4) is 5.75 Å². The molecule has 0 bridgehead atoms. The molecule has 17 heavy (non-hydrogen) atoms. The third-order valence-corrected chi connectivity index (χ3v) is 2.98. The lowest BCUT2D eigenvalue weighted by atomic mass is 9.88. The number of rotatable bonds is 4. The molecular formula is C15H24O2. The Hall–Kier alpha value is -1.02. The van der Waals surface area contributed by atoms with Crippen LogP contribution in [0.1, 0.15) is 50.8 Å². The highest BCUT2D eigenvalue weighted by atomic mass is 16.5. The van der Waals surface area contributed by atoms with Crippen molar-refractivity contribution >= 4 is 0 Å². The zero-order chi connectivity index (χ0) is 13.1. The quantitative estimate of drug-likeness (QED) is 0.860. The lowest BCUT2D eigenvalue weighted by molar-refractivity contribution is 0.147. The highest BCUT2D eigenvalue weighted by molar-refractivity contribution is 5.37. The number of methoxy groups -OCH3 is 1. The monoisotopic (exact) mass is 236 g/mol. The van der Waals surface area contributed by atoms with Gasteiger partial charge in [0.15, 0.2) is 0 Å². The lowest BCUT2D eigenvalue weighted by Crippen LogP contribution is -2.08. The van der Waals surface area contributed by atoms with E-state index in [0.29, 0.717) is 0 Å². The molecule has 1 unspecified atom stereocenters. The van der Waals surface area contributed by atoms with Crippen molar-refractivity contribution in [1.82, 2.24) is 0 Å². The summed E-state index contributed by atoms with van der Waals surface area (Å²) in [5, 5.41) is 10.1. The number of hydrogen-bond donors (Lipinski definition) is 1. The molecule has 1 rings (SSSR count). The van der Waals surface area contributed by atoms with Gasteiger partial charge in [-0.1, -0.05) is 32.9 Å². The van der Waals surface area contributed by atoms with Crippen LogP contribution in [0.15, 0.2) is 18.2 Å². The van der Waals surface area contributed by atoms with E-state index < -0.39 is 6.10 Å². The van der Waals surface area contributed by atoms with Gasteiger partial charge in [0.25, 0.3) is 0 Å². The smallest absolute Gasteiger partial charge is 0.122 e. The maximum atomic E-state index is 10.1. The van der Waals surface area contributed by atoms with E-state index in [1.165, 1.54) is 0 Å². The van der Waals surface area contributed by atoms with Crippen LogP contribution in [0.25, 0.3) is 0 Å². The molecule has 1 atom stereocenters. The SMILES string of the molecule is COc1cc(C(O)CCC(C)(C)C)ccc1C. The molecule has 0 saturated heterocycles. The van der Waals surface area contributed by atoms with E-state index >= 15 is 0 Å². The summed E-state index contributed by atoms with van der Waals surface area (Å²) in [6.07, 6.45) is 1.39. The van der Waals surface area contributed by atoms with Gasteiger partial charge in [-0.15, -0.1) is 0 Å². The number of aliphatic hydroxyl groups excluding tert-OH is 1. The number of ether oxygens (including phenoxy) is 1. The molecule has 0 radical (unpaired) electrons. The van der Waals surface area contributed by atoms with E-state index in [1.807, 2.05) is 25.1 Å². The van der Waals surface area contributed by atoms with Crippen LogP contribution in [0.2, 0.25) is 0 Å². The van der Waals surface area contributed by atoms with Gasteiger partial charge >= 0.3 is 0 Å². The van der Waals surface area contributed by atoms with Crippen molar-refractivity contribution in [3.05, 3.63) is 29.3 Å². The third-order valence-electron chi connectivity index (χ3n) is 2.98. The molecular weight excluding hydrogens is 212 g/mol. The molecule has 0 aromatic heterocycles. The third kappa shape index (κ3) is 4.39. The first-order chi connectivity index (χ1) is 7.83. The van der Waals surface area contributed by atoms with Crippen molar-refractivity contribution in [2.45, 2.75) is 46.6 Å². The molecule has 0 fully saturated rings. The summed E-state index contributed by atoms with van der Waals surface area (Å²) >= 11 is 0. The molecule has 1 aromatic carbocycles. The molecule has 1 N–H and O–H groups in total. The number of hydrogen-bond acceptors (Lipinski definition) is 2. The topological polar surface area (TPSA) is 29.5 Å². The van der Waals surface area contributed by atoms with Crippen LogP contribution < -0.4 is 4.74 Å². The summed E-state index contributed by atoms with van der Waals surface area (Å²) in [5.41, 5.74) is 2.30. The Morgan fingerprint density at radius 3 is 2.47 bits per heavy atom. The molecule has 0 aliphatic carbocycles. The van der Waals surface area contributed by atoms with Crippen molar-refractivity contribution in [2.24, 2.45) is 5.41 Å². The van der Waals surface area contributed by atoms with Crippen LogP contribution >= 0.6 is 0 Å². The molecule has 0 spiro atoms. The highest BCUT2D eigenvalue weighted by Crippen LogP contribution is 2.29. The van der Waals surface area contributed by atoms with Gasteiger partial charge in [0, 0.05) is 0 Å². The maximum Gasteiger partial charge on any atom is 0.122 e. The number of aryl methyl sites for hydroxylation is 1. The van der Waals surface area contributed by atoms with Crippen molar-refractivity contribution in [1.29, 1.82) is 0 Å². The highest BCUT2D eigenvalue weighted by Gasteiger charge is 2.15. The second-order valence-corrected chi connectivity index (χ2v) is 5.84. The second-order valence-electron chi connectivity index (χ2n) is 5.84. The minimum atomic E-state index is -0.399. The van der Waals surface area contributed by atoms with Gasteiger partial charge in [0.1, 0.15) is 5.75 Å². The molecule has 0 aliphatic heterocycles. The molecule has 1 aromatic rings. The average Bonchev–Trinajstić information content (AvgIpc) is 2.25. The number of aliphatic hydroxyl groups is 1. The Balaban J connectivity index is 2.72. The predicted octanol–water partition coefficient (Wildman–Crippen LogP) is 3.86. The fraction of sp³-hybridized carbons (Fsp3) is 0.600. The second kappa shape index (κ2) is 5.54. The van der Waals surface area contributed by atoms with Crippen LogP contribution in [0.3, 0.4) is 0 Å². The zero-order valence-electron chi connectivity index (χ0n) is 11.6. The largest absolute Gasteiger partial charge is 0.496 e. The predicted molar refractivity (Wildman–Crippen MR) is 71.4 cm³/mol. The maximum absolute atomic E-state index is 10.1. The molecule has 0 aliphatic rings. The van der Waals surface area contributed by atoms with Crippen LogP contribution in [-0.2, 0) is 0 Å². The fourth-order valence-electron chi connectivity index (χ4n) is 1.78. The summed E-state index contributed by atoms with van der Waals surface area (Å²) in [5.74, 6) is 0.845. The Bertz CT molecular complexity index is 364. The summed E-state index contributed by atoms with van der Waals surface area (Å²) in [4.78, 5) is 0.